The van der Waals surface area contributed by atoms with E-state index in [-0.39, 0.29) is 12.3 Å². The van der Waals surface area contributed by atoms with E-state index in [2.05, 4.69) is 20.6 Å². The summed E-state index contributed by atoms with van der Waals surface area (Å²) in [6.45, 7) is 5.31. The number of nitrogens with zero attached hydrogens (tertiary/aromatic N) is 2. The maximum atomic E-state index is 13.3. The summed E-state index contributed by atoms with van der Waals surface area (Å²) in [4.78, 5) is 57.6. The smallest absolute Gasteiger partial charge is 0.325 e. The summed E-state index contributed by atoms with van der Waals surface area (Å²) in [7, 11) is 0. The number of hydrogen-bond acceptors (Lipinski definition) is 6. The van der Waals surface area contributed by atoms with E-state index in [0.717, 1.165) is 0 Å². The second-order valence-electron chi connectivity index (χ2n) is 7.87. The van der Waals surface area contributed by atoms with E-state index in [1.807, 2.05) is 0 Å². The number of carboxylic acids is 1. The van der Waals surface area contributed by atoms with Gasteiger partial charge in [0.2, 0.25) is 17.7 Å². The van der Waals surface area contributed by atoms with Gasteiger partial charge in [-0.05, 0) is 25.7 Å². The van der Waals surface area contributed by atoms with Gasteiger partial charge in [-0.2, -0.15) is 0 Å². The lowest BCUT2D eigenvalue weighted by molar-refractivity contribution is -0.144. The van der Waals surface area contributed by atoms with Crippen LogP contribution in [-0.2, 0) is 25.6 Å². The van der Waals surface area contributed by atoms with Gasteiger partial charge in [-0.3, -0.25) is 19.2 Å². The highest BCUT2D eigenvalue weighted by Gasteiger charge is 2.39. The van der Waals surface area contributed by atoms with Crippen LogP contribution in [-0.4, -0.2) is 74.4 Å². The van der Waals surface area contributed by atoms with Gasteiger partial charge in [0, 0.05) is 24.9 Å². The average molecular weight is 422 g/mol. The molecule has 2 rings (SSSR count). The Kier molecular flexibility index (Phi) is 7.93. The van der Waals surface area contributed by atoms with Gasteiger partial charge in [0.15, 0.2) is 0 Å². The van der Waals surface area contributed by atoms with Gasteiger partial charge < -0.3 is 31.4 Å². The molecule has 1 aliphatic rings. The Bertz CT molecular complexity index is 765. The maximum absolute atomic E-state index is 13.3. The van der Waals surface area contributed by atoms with Crippen molar-refractivity contribution in [2.75, 3.05) is 6.54 Å². The molecule has 2 heterocycles. The summed E-state index contributed by atoms with van der Waals surface area (Å²) in [5, 5.41) is 14.1. The van der Waals surface area contributed by atoms with Crippen LogP contribution in [0, 0.1) is 5.92 Å². The molecule has 0 spiro atoms. The fourth-order valence-electron chi connectivity index (χ4n) is 3.26. The number of carbonyl (C=O) groups excluding carboxylic acids is 3. The Morgan fingerprint density at radius 1 is 1.30 bits per heavy atom. The molecule has 166 valence electrons. The van der Waals surface area contributed by atoms with E-state index in [9.17, 15) is 19.2 Å². The molecular weight excluding hydrogens is 392 g/mol. The minimum absolute atomic E-state index is 0.115. The number of H-pyrrole nitrogens is 1. The molecule has 11 nitrogen and oxygen atoms in total. The fraction of sp³-hybridized carbons (Fsp3) is 0.632. The van der Waals surface area contributed by atoms with E-state index in [0.29, 0.717) is 25.1 Å². The number of likely N-dealkylation sites (tertiary alicyclic amines) is 1. The van der Waals surface area contributed by atoms with Gasteiger partial charge in [0.05, 0.1) is 12.4 Å². The molecule has 0 radical (unpaired) electrons. The summed E-state index contributed by atoms with van der Waals surface area (Å²) in [5.74, 6) is -2.68. The highest BCUT2D eigenvalue weighted by molar-refractivity contribution is 5.94. The van der Waals surface area contributed by atoms with Gasteiger partial charge in [-0.25, -0.2) is 4.98 Å². The van der Waals surface area contributed by atoms with Crippen molar-refractivity contribution < 1.29 is 24.3 Å². The third-order valence-electron chi connectivity index (χ3n) is 5.18. The molecule has 1 fully saturated rings. The number of aliphatic carboxylic acids is 1. The molecule has 6 N–H and O–H groups in total. The zero-order chi connectivity index (χ0) is 22.4. The van der Waals surface area contributed by atoms with Crippen molar-refractivity contribution in [2.24, 2.45) is 11.7 Å². The molecule has 0 saturated carbocycles. The van der Waals surface area contributed by atoms with Gasteiger partial charge >= 0.3 is 5.97 Å². The minimum atomic E-state index is -1.16. The Hall–Kier alpha value is -2.95. The first-order chi connectivity index (χ1) is 14.1. The molecule has 1 aromatic rings. The molecule has 1 aliphatic heterocycles. The lowest BCUT2D eigenvalue weighted by atomic mass is 10.0. The van der Waals surface area contributed by atoms with Crippen molar-refractivity contribution in [3.63, 3.8) is 0 Å². The van der Waals surface area contributed by atoms with Crippen LogP contribution in [0.2, 0.25) is 0 Å². The number of carbonyl (C=O) groups is 4. The minimum Gasteiger partial charge on any atom is -0.480 e. The molecule has 3 amide bonds. The first kappa shape index (κ1) is 23.3. The molecule has 1 saturated heterocycles. The quantitative estimate of drug-likeness (QED) is 0.340. The van der Waals surface area contributed by atoms with Crippen molar-refractivity contribution in [2.45, 2.75) is 64.2 Å². The monoisotopic (exact) mass is 422 g/mol. The molecule has 0 bridgehead atoms. The molecule has 0 aromatic carbocycles. The lowest BCUT2D eigenvalue weighted by Gasteiger charge is -2.30. The van der Waals surface area contributed by atoms with E-state index < -0.39 is 47.9 Å². The van der Waals surface area contributed by atoms with E-state index in [1.54, 1.807) is 20.0 Å². The number of amides is 3. The van der Waals surface area contributed by atoms with E-state index in [4.69, 9.17) is 10.8 Å². The molecule has 11 heteroatoms. The summed E-state index contributed by atoms with van der Waals surface area (Å²) in [6, 6.07) is -3.58. The number of hydrogen-bond donors (Lipinski definition) is 5. The molecule has 0 unspecified atom stereocenters. The number of imidazole rings is 1. The van der Waals surface area contributed by atoms with Gasteiger partial charge in [-0.1, -0.05) is 13.8 Å². The van der Waals surface area contributed by atoms with Crippen LogP contribution >= 0.6 is 0 Å². The second kappa shape index (κ2) is 10.2. The SMILES string of the molecule is CC(C)[C@H](N)C(=O)N[C@@H](Cc1cnc[nH]1)C(=O)N1CCC[C@H]1C(=O)N[C@@H](C)C(=O)O. The zero-order valence-electron chi connectivity index (χ0n) is 17.4. The number of nitrogens with two attached hydrogens (primary N) is 1. The van der Waals surface area contributed by atoms with Crippen LogP contribution in [0.15, 0.2) is 12.5 Å². The van der Waals surface area contributed by atoms with Gasteiger partial charge in [0.25, 0.3) is 0 Å². The van der Waals surface area contributed by atoms with Gasteiger partial charge in [0.1, 0.15) is 18.1 Å². The number of aromatic nitrogens is 2. The van der Waals surface area contributed by atoms with Gasteiger partial charge in [-0.15, -0.1) is 0 Å². The fourth-order valence-corrected chi connectivity index (χ4v) is 3.26. The van der Waals surface area contributed by atoms with Crippen LogP contribution in [0.25, 0.3) is 0 Å². The van der Waals surface area contributed by atoms with Crippen molar-refractivity contribution >= 4 is 23.7 Å². The van der Waals surface area contributed by atoms with Crippen LogP contribution in [0.3, 0.4) is 0 Å². The van der Waals surface area contributed by atoms with Crippen molar-refractivity contribution in [3.8, 4) is 0 Å². The normalized spacial score (nSPS) is 19.2. The predicted molar refractivity (Wildman–Crippen MR) is 107 cm³/mol. The molecule has 0 aliphatic carbocycles. The maximum Gasteiger partial charge on any atom is 0.325 e. The predicted octanol–water partition coefficient (Wildman–Crippen LogP) is -0.999. The number of nitrogens with one attached hydrogen (secondary N) is 3. The molecule has 4 atom stereocenters. The Morgan fingerprint density at radius 3 is 2.57 bits per heavy atom. The number of rotatable bonds is 9. The van der Waals surface area contributed by atoms with Crippen molar-refractivity contribution in [3.05, 3.63) is 18.2 Å². The van der Waals surface area contributed by atoms with Crippen LogP contribution in [0.5, 0.6) is 0 Å². The lowest BCUT2D eigenvalue weighted by Crippen LogP contribution is -2.57. The van der Waals surface area contributed by atoms with E-state index in [1.165, 1.54) is 18.2 Å². The summed E-state index contributed by atoms with van der Waals surface area (Å²) >= 11 is 0. The topological polar surface area (TPSA) is 171 Å². The standard InChI is InChI=1S/C19H30N6O5/c1-10(2)15(20)17(27)24-13(7-12-8-21-9-22-12)18(28)25-6-4-5-14(25)16(26)23-11(3)19(29)30/h8-11,13-15H,4-7,20H2,1-3H3,(H,21,22)(H,23,26)(H,24,27)(H,29,30)/t11-,13-,14-,15-/m0/s1. The average Bonchev–Trinajstić information content (AvgIpc) is 3.37. The number of carboxylic acid groups (broad SMARTS) is 1. The Balaban J connectivity index is 2.17. The zero-order valence-corrected chi connectivity index (χ0v) is 17.4. The van der Waals surface area contributed by atoms with Crippen LogP contribution in [0.4, 0.5) is 0 Å². The third-order valence-corrected chi connectivity index (χ3v) is 5.18. The highest BCUT2D eigenvalue weighted by atomic mass is 16.4. The van der Waals surface area contributed by atoms with Crippen LogP contribution in [0.1, 0.15) is 39.3 Å². The first-order valence-electron chi connectivity index (χ1n) is 9.98. The number of aromatic amines is 1. The van der Waals surface area contributed by atoms with E-state index >= 15 is 0 Å². The van der Waals surface area contributed by atoms with Crippen LogP contribution < -0.4 is 16.4 Å². The third kappa shape index (κ3) is 5.78. The van der Waals surface area contributed by atoms with Crippen molar-refractivity contribution in [1.82, 2.24) is 25.5 Å². The molecule has 1 aromatic heterocycles. The summed E-state index contributed by atoms with van der Waals surface area (Å²) in [5.41, 5.74) is 6.56. The summed E-state index contributed by atoms with van der Waals surface area (Å²) < 4.78 is 0. The van der Waals surface area contributed by atoms with Crippen molar-refractivity contribution in [1.29, 1.82) is 0 Å². The summed E-state index contributed by atoms with van der Waals surface area (Å²) in [6.07, 6.45) is 4.20. The highest BCUT2D eigenvalue weighted by Crippen LogP contribution is 2.20. The Labute approximate surface area is 174 Å². The largest absolute Gasteiger partial charge is 0.480 e. The molecule has 30 heavy (non-hydrogen) atoms. The second-order valence-corrected chi connectivity index (χ2v) is 7.87. The Morgan fingerprint density at radius 2 is 2.00 bits per heavy atom. The first-order valence-corrected chi connectivity index (χ1v) is 9.98. The molecular formula is C19H30N6O5.